The largest absolute Gasteiger partial charge is 0.352 e. The first-order valence-corrected chi connectivity index (χ1v) is 9.17. The standard InChI is InChI=1S/C17H26N2OS/c1-13-12-14(7-10-18-13)19-16(20)17(8-3-2-4-9-17)15-6-5-11-21-15/h5-6,11,13-14,18H,2-4,7-10,12H2,1H3,(H,19,20). The molecule has 1 aliphatic carbocycles. The average molecular weight is 306 g/mol. The van der Waals surface area contributed by atoms with Gasteiger partial charge < -0.3 is 10.6 Å². The summed E-state index contributed by atoms with van der Waals surface area (Å²) in [5.41, 5.74) is -0.249. The Morgan fingerprint density at radius 1 is 1.38 bits per heavy atom. The van der Waals surface area contributed by atoms with Crippen molar-refractivity contribution in [2.45, 2.75) is 69.4 Å². The van der Waals surface area contributed by atoms with E-state index in [2.05, 4.69) is 35.1 Å². The summed E-state index contributed by atoms with van der Waals surface area (Å²) in [5.74, 6) is 0.281. The number of hydrogen-bond acceptors (Lipinski definition) is 3. The van der Waals surface area contributed by atoms with Crippen LogP contribution < -0.4 is 10.6 Å². The molecule has 1 amide bonds. The maximum Gasteiger partial charge on any atom is 0.231 e. The molecule has 1 saturated heterocycles. The maximum absolute atomic E-state index is 13.1. The molecular weight excluding hydrogens is 280 g/mol. The molecule has 0 aromatic carbocycles. The summed E-state index contributed by atoms with van der Waals surface area (Å²) >= 11 is 1.75. The van der Waals surface area contributed by atoms with Crippen LogP contribution in [0.2, 0.25) is 0 Å². The minimum absolute atomic E-state index is 0.249. The van der Waals surface area contributed by atoms with E-state index in [1.165, 1.54) is 24.1 Å². The molecule has 0 radical (unpaired) electrons. The Balaban J connectivity index is 1.75. The molecule has 1 aliphatic heterocycles. The highest BCUT2D eigenvalue weighted by molar-refractivity contribution is 7.10. The van der Waals surface area contributed by atoms with Gasteiger partial charge in [-0.2, -0.15) is 0 Å². The lowest BCUT2D eigenvalue weighted by Crippen LogP contribution is -2.52. The fourth-order valence-electron chi connectivity index (χ4n) is 3.88. The number of piperidine rings is 1. The summed E-state index contributed by atoms with van der Waals surface area (Å²) in [6, 6.07) is 5.08. The van der Waals surface area contributed by atoms with Crippen molar-refractivity contribution in [3.05, 3.63) is 22.4 Å². The van der Waals surface area contributed by atoms with E-state index in [1.54, 1.807) is 11.3 Å². The molecule has 21 heavy (non-hydrogen) atoms. The SMILES string of the molecule is CC1CC(NC(=O)C2(c3cccs3)CCCCC2)CCN1. The van der Waals surface area contributed by atoms with Gasteiger partial charge in [-0.3, -0.25) is 4.79 Å². The number of hydrogen-bond donors (Lipinski definition) is 2. The third-order valence-corrected chi connectivity index (χ3v) is 6.17. The van der Waals surface area contributed by atoms with Gasteiger partial charge in [-0.15, -0.1) is 11.3 Å². The summed E-state index contributed by atoms with van der Waals surface area (Å²) in [7, 11) is 0. The molecular formula is C17H26N2OS. The summed E-state index contributed by atoms with van der Waals surface area (Å²) < 4.78 is 0. The van der Waals surface area contributed by atoms with Crippen LogP contribution >= 0.6 is 11.3 Å². The molecule has 0 spiro atoms. The van der Waals surface area contributed by atoms with Gasteiger partial charge in [0.2, 0.25) is 5.91 Å². The van der Waals surface area contributed by atoms with Crippen molar-refractivity contribution in [2.75, 3.05) is 6.54 Å². The van der Waals surface area contributed by atoms with E-state index in [0.29, 0.717) is 12.1 Å². The van der Waals surface area contributed by atoms with Gasteiger partial charge in [0.25, 0.3) is 0 Å². The van der Waals surface area contributed by atoms with Crippen LogP contribution in [0.15, 0.2) is 17.5 Å². The van der Waals surface area contributed by atoms with Crippen LogP contribution in [-0.4, -0.2) is 24.5 Å². The third kappa shape index (κ3) is 3.16. The van der Waals surface area contributed by atoms with Crippen molar-refractivity contribution in [2.24, 2.45) is 0 Å². The second-order valence-corrected chi connectivity index (χ2v) is 7.62. The molecule has 1 aromatic rings. The zero-order valence-electron chi connectivity index (χ0n) is 12.9. The highest BCUT2D eigenvalue weighted by atomic mass is 32.1. The molecule has 2 aliphatic rings. The highest BCUT2D eigenvalue weighted by Gasteiger charge is 2.42. The van der Waals surface area contributed by atoms with Gasteiger partial charge in [-0.05, 0) is 50.6 Å². The van der Waals surface area contributed by atoms with Crippen LogP contribution in [0.5, 0.6) is 0 Å². The average Bonchev–Trinajstić information content (AvgIpc) is 3.02. The van der Waals surface area contributed by atoms with Gasteiger partial charge in [-0.25, -0.2) is 0 Å². The molecule has 2 unspecified atom stereocenters. The Labute approximate surface area is 131 Å². The van der Waals surface area contributed by atoms with Gasteiger partial charge in [-0.1, -0.05) is 25.3 Å². The second-order valence-electron chi connectivity index (χ2n) is 6.67. The number of nitrogens with one attached hydrogen (secondary N) is 2. The number of thiophene rings is 1. The van der Waals surface area contributed by atoms with Gasteiger partial charge in [0, 0.05) is 17.0 Å². The molecule has 116 valence electrons. The Hall–Kier alpha value is -0.870. The normalized spacial score (nSPS) is 29.0. The summed E-state index contributed by atoms with van der Waals surface area (Å²) in [6.45, 7) is 3.21. The van der Waals surface area contributed by atoms with E-state index in [-0.39, 0.29) is 11.3 Å². The maximum atomic E-state index is 13.1. The molecule has 3 rings (SSSR count). The van der Waals surface area contributed by atoms with E-state index in [1.807, 2.05) is 0 Å². The van der Waals surface area contributed by atoms with Crippen LogP contribution in [0, 0.1) is 0 Å². The number of rotatable bonds is 3. The topological polar surface area (TPSA) is 41.1 Å². The minimum Gasteiger partial charge on any atom is -0.352 e. The lowest BCUT2D eigenvalue weighted by Gasteiger charge is -2.38. The van der Waals surface area contributed by atoms with Crippen LogP contribution in [0.4, 0.5) is 0 Å². The molecule has 1 saturated carbocycles. The van der Waals surface area contributed by atoms with Gasteiger partial charge in [0.15, 0.2) is 0 Å². The van der Waals surface area contributed by atoms with Crippen molar-refractivity contribution in [3.8, 4) is 0 Å². The Morgan fingerprint density at radius 3 is 2.86 bits per heavy atom. The van der Waals surface area contributed by atoms with Crippen molar-refractivity contribution >= 4 is 17.2 Å². The lowest BCUT2D eigenvalue weighted by atomic mass is 9.72. The summed E-state index contributed by atoms with van der Waals surface area (Å²) in [4.78, 5) is 14.3. The fraction of sp³-hybridized carbons (Fsp3) is 0.706. The van der Waals surface area contributed by atoms with Crippen molar-refractivity contribution < 1.29 is 4.79 Å². The summed E-state index contributed by atoms with van der Waals surface area (Å²) in [5, 5.41) is 8.93. The monoisotopic (exact) mass is 306 g/mol. The van der Waals surface area contributed by atoms with Crippen LogP contribution in [-0.2, 0) is 10.2 Å². The van der Waals surface area contributed by atoms with E-state index < -0.39 is 0 Å². The first kappa shape index (κ1) is 15.0. The second kappa shape index (κ2) is 6.49. The van der Waals surface area contributed by atoms with E-state index in [0.717, 1.165) is 32.2 Å². The molecule has 2 N–H and O–H groups in total. The van der Waals surface area contributed by atoms with Crippen molar-refractivity contribution in [1.82, 2.24) is 10.6 Å². The fourth-order valence-corrected chi connectivity index (χ4v) is 4.86. The smallest absolute Gasteiger partial charge is 0.231 e. The Kier molecular flexibility index (Phi) is 4.65. The van der Waals surface area contributed by atoms with Crippen LogP contribution in [0.25, 0.3) is 0 Å². The minimum atomic E-state index is -0.249. The predicted molar refractivity (Wildman–Crippen MR) is 87.7 cm³/mol. The predicted octanol–water partition coefficient (Wildman–Crippen LogP) is 3.21. The molecule has 2 heterocycles. The number of amides is 1. The highest BCUT2D eigenvalue weighted by Crippen LogP contribution is 2.42. The van der Waals surface area contributed by atoms with Gasteiger partial charge in [0.05, 0.1) is 5.41 Å². The van der Waals surface area contributed by atoms with E-state index >= 15 is 0 Å². The zero-order valence-corrected chi connectivity index (χ0v) is 13.7. The lowest BCUT2D eigenvalue weighted by molar-refractivity contribution is -0.128. The molecule has 0 bridgehead atoms. The number of carbonyl (C=O) groups is 1. The van der Waals surface area contributed by atoms with Crippen LogP contribution in [0.3, 0.4) is 0 Å². The molecule has 1 aromatic heterocycles. The molecule has 2 fully saturated rings. The number of carbonyl (C=O) groups excluding carboxylic acids is 1. The molecule has 3 nitrogen and oxygen atoms in total. The first-order chi connectivity index (χ1) is 10.2. The molecule has 2 atom stereocenters. The zero-order chi connectivity index (χ0) is 14.7. The van der Waals surface area contributed by atoms with Crippen molar-refractivity contribution in [3.63, 3.8) is 0 Å². The Morgan fingerprint density at radius 2 is 2.19 bits per heavy atom. The first-order valence-electron chi connectivity index (χ1n) is 8.29. The quantitative estimate of drug-likeness (QED) is 0.900. The third-order valence-electron chi connectivity index (χ3n) is 5.09. The molecule has 4 heteroatoms. The summed E-state index contributed by atoms with van der Waals surface area (Å²) in [6.07, 6.45) is 7.75. The van der Waals surface area contributed by atoms with Gasteiger partial charge in [0.1, 0.15) is 0 Å². The Bertz CT molecular complexity index is 465. The van der Waals surface area contributed by atoms with E-state index in [9.17, 15) is 4.79 Å². The van der Waals surface area contributed by atoms with Crippen molar-refractivity contribution in [1.29, 1.82) is 0 Å². The van der Waals surface area contributed by atoms with Gasteiger partial charge >= 0.3 is 0 Å². The van der Waals surface area contributed by atoms with E-state index in [4.69, 9.17) is 0 Å². The van der Waals surface area contributed by atoms with Crippen LogP contribution in [0.1, 0.15) is 56.7 Å².